The molecule has 0 saturated heterocycles. The van der Waals surface area contributed by atoms with Crippen LogP contribution in [0.15, 0.2) is 12.3 Å². The van der Waals surface area contributed by atoms with E-state index < -0.39 is 12.0 Å². The van der Waals surface area contributed by atoms with Gasteiger partial charge >= 0.3 is 5.97 Å². The fourth-order valence-corrected chi connectivity index (χ4v) is 1.82. The Hall–Kier alpha value is -1.85. The number of carbonyl (C=O) groups is 2. The van der Waals surface area contributed by atoms with Gasteiger partial charge in [0.05, 0.1) is 0 Å². The monoisotopic (exact) mass is 267 g/mol. The molecule has 0 fully saturated rings. The summed E-state index contributed by atoms with van der Waals surface area (Å²) in [7, 11) is 1.81. The summed E-state index contributed by atoms with van der Waals surface area (Å²) >= 11 is 0. The lowest BCUT2D eigenvalue weighted by molar-refractivity contribution is -0.142. The first-order valence-electron chi connectivity index (χ1n) is 6.53. The number of rotatable bonds is 8. The molecule has 0 spiro atoms. The molecule has 0 radical (unpaired) electrons. The predicted molar refractivity (Wildman–Crippen MR) is 70.6 cm³/mol. The quantitative estimate of drug-likeness (QED) is 0.739. The molecule has 0 aliphatic carbocycles. The second kappa shape index (κ2) is 7.56. The van der Waals surface area contributed by atoms with Crippen LogP contribution in [0.25, 0.3) is 0 Å². The summed E-state index contributed by atoms with van der Waals surface area (Å²) in [5.41, 5.74) is 0.954. The molecule has 1 amide bonds. The lowest BCUT2D eigenvalue weighted by Crippen LogP contribution is -2.40. The molecule has 1 aromatic heterocycles. The van der Waals surface area contributed by atoms with Crippen LogP contribution in [-0.2, 0) is 23.1 Å². The maximum Gasteiger partial charge on any atom is 0.326 e. The van der Waals surface area contributed by atoms with Crippen molar-refractivity contribution in [3.8, 4) is 0 Å². The Labute approximate surface area is 112 Å². The van der Waals surface area contributed by atoms with Gasteiger partial charge in [-0.3, -0.25) is 9.48 Å². The lowest BCUT2D eigenvalue weighted by Gasteiger charge is -2.14. The highest BCUT2D eigenvalue weighted by Crippen LogP contribution is 2.04. The molecule has 19 heavy (non-hydrogen) atoms. The summed E-state index contributed by atoms with van der Waals surface area (Å²) < 4.78 is 1.71. The molecule has 1 atom stereocenters. The Morgan fingerprint density at radius 2 is 2.26 bits per heavy atom. The number of aliphatic carboxylic acids is 1. The van der Waals surface area contributed by atoms with Crippen LogP contribution < -0.4 is 5.32 Å². The summed E-state index contributed by atoms with van der Waals surface area (Å²) in [6, 6.07) is 1.07. The molecule has 0 unspecified atom stereocenters. The van der Waals surface area contributed by atoms with Crippen molar-refractivity contribution in [3.63, 3.8) is 0 Å². The first-order chi connectivity index (χ1) is 9.04. The SMILES string of the molecule is CCCC[C@H](NC(=O)CCc1ccnn1C)C(=O)O. The van der Waals surface area contributed by atoms with Gasteiger partial charge in [-0.15, -0.1) is 0 Å². The van der Waals surface area contributed by atoms with Crippen molar-refractivity contribution in [3.05, 3.63) is 18.0 Å². The number of carboxylic acid groups (broad SMARTS) is 1. The maximum absolute atomic E-state index is 11.7. The summed E-state index contributed by atoms with van der Waals surface area (Å²) in [5.74, 6) is -1.20. The number of nitrogens with zero attached hydrogens (tertiary/aromatic N) is 2. The van der Waals surface area contributed by atoms with Gasteiger partial charge in [-0.25, -0.2) is 4.79 Å². The van der Waals surface area contributed by atoms with E-state index in [4.69, 9.17) is 5.11 Å². The number of aryl methyl sites for hydroxylation is 2. The zero-order valence-electron chi connectivity index (χ0n) is 11.4. The predicted octanol–water partition coefficient (Wildman–Crippen LogP) is 1.11. The van der Waals surface area contributed by atoms with Crippen LogP contribution in [0.1, 0.15) is 38.3 Å². The van der Waals surface area contributed by atoms with Crippen molar-refractivity contribution in [2.45, 2.75) is 45.1 Å². The van der Waals surface area contributed by atoms with Gasteiger partial charge in [-0.2, -0.15) is 5.10 Å². The Kier molecular flexibility index (Phi) is 6.05. The van der Waals surface area contributed by atoms with Gasteiger partial charge in [0, 0.05) is 25.4 Å². The van der Waals surface area contributed by atoms with Crippen LogP contribution >= 0.6 is 0 Å². The molecule has 1 rings (SSSR count). The largest absolute Gasteiger partial charge is 0.480 e. The van der Waals surface area contributed by atoms with E-state index >= 15 is 0 Å². The fourth-order valence-electron chi connectivity index (χ4n) is 1.82. The van der Waals surface area contributed by atoms with Gasteiger partial charge in [-0.05, 0) is 18.9 Å². The molecular formula is C13H21N3O3. The number of amides is 1. The van der Waals surface area contributed by atoms with E-state index in [1.54, 1.807) is 10.9 Å². The van der Waals surface area contributed by atoms with Crippen LogP contribution in [0.4, 0.5) is 0 Å². The highest BCUT2D eigenvalue weighted by molar-refractivity contribution is 5.83. The van der Waals surface area contributed by atoms with Crippen LogP contribution in [0.5, 0.6) is 0 Å². The second-order valence-corrected chi connectivity index (χ2v) is 4.55. The van der Waals surface area contributed by atoms with Gasteiger partial charge in [0.15, 0.2) is 0 Å². The third kappa shape index (κ3) is 5.11. The number of aromatic nitrogens is 2. The number of hydrogen-bond donors (Lipinski definition) is 2. The minimum absolute atomic E-state index is 0.232. The van der Waals surface area contributed by atoms with Crippen molar-refractivity contribution >= 4 is 11.9 Å². The summed E-state index contributed by atoms with van der Waals surface area (Å²) in [5, 5.41) is 15.6. The fraction of sp³-hybridized carbons (Fsp3) is 0.615. The maximum atomic E-state index is 11.7. The first-order valence-corrected chi connectivity index (χ1v) is 6.53. The third-order valence-electron chi connectivity index (χ3n) is 3.01. The molecule has 106 valence electrons. The van der Waals surface area contributed by atoms with Gasteiger partial charge in [0.25, 0.3) is 0 Å². The molecular weight excluding hydrogens is 246 g/mol. The van der Waals surface area contributed by atoms with Crippen molar-refractivity contribution < 1.29 is 14.7 Å². The number of carboxylic acids is 1. The highest BCUT2D eigenvalue weighted by atomic mass is 16.4. The molecule has 1 aromatic rings. The summed E-state index contributed by atoms with van der Waals surface area (Å²) in [6.45, 7) is 1.99. The number of carbonyl (C=O) groups excluding carboxylic acids is 1. The van der Waals surface area contributed by atoms with E-state index in [1.807, 2.05) is 20.0 Å². The average Bonchev–Trinajstić information content (AvgIpc) is 2.77. The van der Waals surface area contributed by atoms with Gasteiger partial charge in [0.1, 0.15) is 6.04 Å². The van der Waals surface area contributed by atoms with E-state index in [1.165, 1.54) is 0 Å². The van der Waals surface area contributed by atoms with Crippen molar-refractivity contribution in [2.75, 3.05) is 0 Å². The van der Waals surface area contributed by atoms with Crippen molar-refractivity contribution in [2.24, 2.45) is 7.05 Å². The molecule has 0 aromatic carbocycles. The van der Waals surface area contributed by atoms with E-state index in [9.17, 15) is 9.59 Å². The zero-order chi connectivity index (χ0) is 14.3. The zero-order valence-corrected chi connectivity index (χ0v) is 11.4. The Bertz CT molecular complexity index is 429. The number of hydrogen-bond acceptors (Lipinski definition) is 3. The smallest absolute Gasteiger partial charge is 0.326 e. The Morgan fingerprint density at radius 3 is 2.79 bits per heavy atom. The molecule has 0 bridgehead atoms. The van der Waals surface area contributed by atoms with Gasteiger partial charge in [-0.1, -0.05) is 19.8 Å². The van der Waals surface area contributed by atoms with Crippen molar-refractivity contribution in [1.29, 1.82) is 0 Å². The molecule has 2 N–H and O–H groups in total. The minimum Gasteiger partial charge on any atom is -0.480 e. The molecule has 6 nitrogen and oxygen atoms in total. The van der Waals surface area contributed by atoms with Crippen LogP contribution in [0.3, 0.4) is 0 Å². The molecule has 6 heteroatoms. The van der Waals surface area contributed by atoms with E-state index in [0.29, 0.717) is 12.8 Å². The van der Waals surface area contributed by atoms with Gasteiger partial charge < -0.3 is 10.4 Å². The average molecular weight is 267 g/mol. The van der Waals surface area contributed by atoms with Crippen molar-refractivity contribution in [1.82, 2.24) is 15.1 Å². The van der Waals surface area contributed by atoms with Gasteiger partial charge in [0.2, 0.25) is 5.91 Å². The molecule has 0 aliphatic heterocycles. The lowest BCUT2D eigenvalue weighted by atomic mass is 10.1. The van der Waals surface area contributed by atoms with E-state index in [-0.39, 0.29) is 12.3 Å². The first kappa shape index (κ1) is 15.2. The standard InChI is InChI=1S/C13H21N3O3/c1-3-4-5-11(13(18)19)15-12(17)7-6-10-8-9-14-16(10)2/h8-9,11H,3-7H2,1-2H3,(H,15,17)(H,18,19)/t11-/m0/s1. The summed E-state index contributed by atoms with van der Waals surface area (Å²) in [4.78, 5) is 22.7. The highest BCUT2D eigenvalue weighted by Gasteiger charge is 2.19. The van der Waals surface area contributed by atoms with Crippen LogP contribution in [0.2, 0.25) is 0 Å². The third-order valence-corrected chi connectivity index (χ3v) is 3.01. The molecule has 0 saturated carbocycles. The topological polar surface area (TPSA) is 84.2 Å². The summed E-state index contributed by atoms with van der Waals surface area (Å²) in [6.07, 6.45) is 4.68. The number of nitrogens with one attached hydrogen (secondary N) is 1. The Morgan fingerprint density at radius 1 is 1.53 bits per heavy atom. The van der Waals surface area contributed by atoms with E-state index in [0.717, 1.165) is 18.5 Å². The Balaban J connectivity index is 2.40. The minimum atomic E-state index is -0.970. The normalized spacial score (nSPS) is 12.1. The number of unbranched alkanes of at least 4 members (excludes halogenated alkanes) is 1. The van der Waals surface area contributed by atoms with Crippen LogP contribution in [-0.4, -0.2) is 32.8 Å². The molecule has 0 aliphatic rings. The second-order valence-electron chi connectivity index (χ2n) is 4.55. The van der Waals surface area contributed by atoms with Crippen LogP contribution in [0, 0.1) is 0 Å². The molecule has 1 heterocycles. The van der Waals surface area contributed by atoms with E-state index in [2.05, 4.69) is 10.4 Å².